The standard InChI is InChI=1S/C28H37FN4O4/c1-31(27(34)25-10-7-21(17-26(25)29)20-5-8-24(37-3)9-6-20)23-12-15-33(19-23)28(35)32-14-11-22(18-32)30-13-4-16-36-2/h5-10,17,22-23,30H,4,11-16,18-19H2,1-3H3/t22-,23+/m1/s1. The van der Waals surface area contributed by atoms with Crippen LogP contribution >= 0.6 is 0 Å². The minimum atomic E-state index is -0.558. The molecule has 0 radical (unpaired) electrons. The molecule has 3 amide bonds. The first-order valence-electron chi connectivity index (χ1n) is 12.9. The highest BCUT2D eigenvalue weighted by Gasteiger charge is 2.36. The molecule has 2 aromatic carbocycles. The number of urea groups is 1. The molecule has 0 spiro atoms. The van der Waals surface area contributed by atoms with Gasteiger partial charge in [-0.1, -0.05) is 18.2 Å². The summed E-state index contributed by atoms with van der Waals surface area (Å²) in [6, 6.07) is 12.2. The molecule has 2 aliphatic rings. The Morgan fingerprint density at radius 3 is 2.43 bits per heavy atom. The summed E-state index contributed by atoms with van der Waals surface area (Å²) in [5, 5.41) is 3.49. The zero-order valence-electron chi connectivity index (χ0n) is 21.9. The number of ether oxygens (including phenoxy) is 2. The molecule has 2 saturated heterocycles. The second-order valence-corrected chi connectivity index (χ2v) is 9.74. The number of carbonyl (C=O) groups excluding carboxylic acids is 2. The molecule has 2 aromatic rings. The molecule has 2 atom stereocenters. The van der Waals surface area contributed by atoms with Gasteiger partial charge in [0.1, 0.15) is 11.6 Å². The molecule has 1 N–H and O–H groups in total. The van der Waals surface area contributed by atoms with Crippen LogP contribution < -0.4 is 10.1 Å². The Morgan fingerprint density at radius 2 is 1.73 bits per heavy atom. The van der Waals surface area contributed by atoms with Crippen molar-refractivity contribution >= 4 is 11.9 Å². The Morgan fingerprint density at radius 1 is 1.03 bits per heavy atom. The van der Waals surface area contributed by atoms with E-state index in [0.717, 1.165) is 43.9 Å². The van der Waals surface area contributed by atoms with Crippen molar-refractivity contribution in [2.45, 2.75) is 31.3 Å². The Hall–Kier alpha value is -3.17. The number of benzene rings is 2. The maximum Gasteiger partial charge on any atom is 0.320 e. The zero-order valence-corrected chi connectivity index (χ0v) is 21.9. The van der Waals surface area contributed by atoms with Crippen molar-refractivity contribution in [3.8, 4) is 16.9 Å². The number of carbonyl (C=O) groups is 2. The molecular formula is C28H37FN4O4. The van der Waals surface area contributed by atoms with Gasteiger partial charge in [0.25, 0.3) is 5.91 Å². The predicted molar refractivity (Wildman–Crippen MR) is 140 cm³/mol. The number of likely N-dealkylation sites (tertiary alicyclic amines) is 2. The van der Waals surface area contributed by atoms with E-state index in [4.69, 9.17) is 9.47 Å². The molecule has 4 rings (SSSR count). The molecule has 2 heterocycles. The highest BCUT2D eigenvalue weighted by Crippen LogP contribution is 2.26. The van der Waals surface area contributed by atoms with Crippen LogP contribution in [0.4, 0.5) is 9.18 Å². The fraction of sp³-hybridized carbons (Fsp3) is 0.500. The van der Waals surface area contributed by atoms with Gasteiger partial charge in [-0.25, -0.2) is 9.18 Å². The molecule has 0 unspecified atom stereocenters. The maximum absolute atomic E-state index is 15.0. The normalized spacial score (nSPS) is 19.4. The summed E-state index contributed by atoms with van der Waals surface area (Å²) >= 11 is 0. The number of hydrogen-bond donors (Lipinski definition) is 1. The molecule has 37 heavy (non-hydrogen) atoms. The van der Waals surface area contributed by atoms with E-state index in [2.05, 4.69) is 5.32 Å². The van der Waals surface area contributed by atoms with Gasteiger partial charge >= 0.3 is 6.03 Å². The van der Waals surface area contributed by atoms with Gasteiger partial charge in [-0.05, 0) is 61.2 Å². The minimum Gasteiger partial charge on any atom is -0.497 e. The van der Waals surface area contributed by atoms with Crippen LogP contribution in [-0.2, 0) is 4.74 Å². The van der Waals surface area contributed by atoms with Gasteiger partial charge in [0, 0.05) is 53.0 Å². The molecule has 0 aliphatic carbocycles. The molecule has 9 heteroatoms. The minimum absolute atomic E-state index is 0.0135. The zero-order chi connectivity index (χ0) is 26.4. The maximum atomic E-state index is 15.0. The van der Waals surface area contributed by atoms with Gasteiger partial charge in [0.05, 0.1) is 18.7 Å². The van der Waals surface area contributed by atoms with Crippen molar-refractivity contribution in [1.82, 2.24) is 20.0 Å². The van der Waals surface area contributed by atoms with Crippen LogP contribution in [0.2, 0.25) is 0 Å². The summed E-state index contributed by atoms with van der Waals surface area (Å²) in [5.74, 6) is -0.210. The predicted octanol–water partition coefficient (Wildman–Crippen LogP) is 3.47. The number of rotatable bonds is 9. The van der Waals surface area contributed by atoms with Crippen molar-refractivity contribution < 1.29 is 23.5 Å². The van der Waals surface area contributed by atoms with Gasteiger partial charge < -0.3 is 29.5 Å². The molecule has 2 fully saturated rings. The fourth-order valence-electron chi connectivity index (χ4n) is 5.06. The lowest BCUT2D eigenvalue weighted by molar-refractivity contribution is 0.0730. The number of hydrogen-bond acceptors (Lipinski definition) is 5. The number of nitrogens with one attached hydrogen (secondary N) is 1. The lowest BCUT2D eigenvalue weighted by Crippen LogP contribution is -2.45. The van der Waals surface area contributed by atoms with Gasteiger partial charge in [-0.15, -0.1) is 0 Å². The quantitative estimate of drug-likeness (QED) is 0.521. The van der Waals surface area contributed by atoms with Gasteiger partial charge in [-0.3, -0.25) is 4.79 Å². The second-order valence-electron chi connectivity index (χ2n) is 9.74. The Kier molecular flexibility index (Phi) is 9.00. The van der Waals surface area contributed by atoms with E-state index in [1.54, 1.807) is 32.2 Å². The van der Waals surface area contributed by atoms with E-state index in [0.29, 0.717) is 37.7 Å². The number of nitrogens with zero attached hydrogens (tertiary/aromatic N) is 3. The number of methoxy groups -OCH3 is 2. The van der Waals surface area contributed by atoms with Gasteiger partial charge in [0.15, 0.2) is 0 Å². The van der Waals surface area contributed by atoms with E-state index in [9.17, 15) is 9.59 Å². The highest BCUT2D eigenvalue weighted by atomic mass is 19.1. The van der Waals surface area contributed by atoms with Crippen LogP contribution in [0.3, 0.4) is 0 Å². The first-order chi connectivity index (χ1) is 17.9. The first-order valence-corrected chi connectivity index (χ1v) is 12.9. The van der Waals surface area contributed by atoms with Crippen LogP contribution in [-0.4, -0.2) is 99.3 Å². The average molecular weight is 513 g/mol. The van der Waals surface area contributed by atoms with E-state index in [1.165, 1.54) is 12.1 Å². The fourth-order valence-corrected chi connectivity index (χ4v) is 5.06. The van der Waals surface area contributed by atoms with E-state index >= 15 is 4.39 Å². The summed E-state index contributed by atoms with van der Waals surface area (Å²) in [5.41, 5.74) is 1.56. The monoisotopic (exact) mass is 512 g/mol. The molecule has 0 bridgehead atoms. The van der Waals surface area contributed by atoms with Crippen molar-refractivity contribution in [3.05, 3.63) is 53.8 Å². The SMILES string of the molecule is COCCCN[C@@H]1CCN(C(=O)N2CC[C@H](N(C)C(=O)c3ccc(-c4ccc(OC)cc4)cc3F)C2)C1. The summed E-state index contributed by atoms with van der Waals surface area (Å²) < 4.78 is 25.3. The summed E-state index contributed by atoms with van der Waals surface area (Å²) in [6.07, 6.45) is 2.55. The van der Waals surface area contributed by atoms with Crippen LogP contribution in [0.5, 0.6) is 5.75 Å². The van der Waals surface area contributed by atoms with Crippen molar-refractivity contribution in [2.75, 3.05) is 60.6 Å². The summed E-state index contributed by atoms with van der Waals surface area (Å²) in [7, 11) is 4.98. The van der Waals surface area contributed by atoms with E-state index in [1.807, 2.05) is 34.1 Å². The summed E-state index contributed by atoms with van der Waals surface area (Å²) in [6.45, 7) is 4.05. The third kappa shape index (κ3) is 6.40. The molecular weight excluding hydrogens is 475 g/mol. The van der Waals surface area contributed by atoms with Crippen LogP contribution in [0.15, 0.2) is 42.5 Å². The number of likely N-dealkylation sites (N-methyl/N-ethyl adjacent to an activating group) is 1. The smallest absolute Gasteiger partial charge is 0.320 e. The third-order valence-electron chi connectivity index (χ3n) is 7.34. The molecule has 200 valence electrons. The molecule has 0 aromatic heterocycles. The summed E-state index contributed by atoms with van der Waals surface area (Å²) in [4.78, 5) is 31.5. The first kappa shape index (κ1) is 26.9. The average Bonchev–Trinajstić information content (AvgIpc) is 3.60. The molecule has 2 aliphatic heterocycles. The number of halogens is 1. The van der Waals surface area contributed by atoms with Crippen LogP contribution in [0.1, 0.15) is 29.6 Å². The third-order valence-corrected chi connectivity index (χ3v) is 7.34. The molecule has 8 nitrogen and oxygen atoms in total. The van der Waals surface area contributed by atoms with E-state index < -0.39 is 5.82 Å². The van der Waals surface area contributed by atoms with E-state index in [-0.39, 0.29) is 23.5 Å². The lowest BCUT2D eigenvalue weighted by Gasteiger charge is -2.27. The van der Waals surface area contributed by atoms with Gasteiger partial charge in [-0.2, -0.15) is 0 Å². The van der Waals surface area contributed by atoms with Crippen LogP contribution in [0.25, 0.3) is 11.1 Å². The van der Waals surface area contributed by atoms with Crippen molar-refractivity contribution in [1.29, 1.82) is 0 Å². The topological polar surface area (TPSA) is 74.4 Å². The van der Waals surface area contributed by atoms with Crippen molar-refractivity contribution in [3.63, 3.8) is 0 Å². The highest BCUT2D eigenvalue weighted by molar-refractivity contribution is 5.95. The largest absolute Gasteiger partial charge is 0.497 e. The lowest BCUT2D eigenvalue weighted by atomic mass is 10.0. The Balaban J connectivity index is 1.31. The van der Waals surface area contributed by atoms with Gasteiger partial charge in [0.2, 0.25) is 0 Å². The van der Waals surface area contributed by atoms with Crippen molar-refractivity contribution in [2.24, 2.45) is 0 Å². The second kappa shape index (κ2) is 12.4. The number of amides is 3. The van der Waals surface area contributed by atoms with Crippen LogP contribution in [0, 0.1) is 5.82 Å². The Bertz CT molecular complexity index is 1080. The molecule has 0 saturated carbocycles. The Labute approximate surface area is 218 Å².